The Balaban J connectivity index is 2.00. The average Bonchev–Trinajstić information content (AvgIpc) is 2.88. The van der Waals surface area contributed by atoms with Crippen molar-refractivity contribution in [3.8, 4) is 11.4 Å². The fraction of sp³-hybridized carbons (Fsp3) is 0.294. The van der Waals surface area contributed by atoms with Crippen molar-refractivity contribution in [2.75, 3.05) is 32.5 Å². The van der Waals surface area contributed by atoms with Gasteiger partial charge in [0.2, 0.25) is 0 Å². The van der Waals surface area contributed by atoms with Crippen LogP contribution < -0.4 is 5.32 Å². The third-order valence-electron chi connectivity index (χ3n) is 3.40. The smallest absolute Gasteiger partial charge is 0.163 e. The van der Waals surface area contributed by atoms with Gasteiger partial charge in [-0.15, -0.1) is 11.3 Å². The lowest BCUT2D eigenvalue weighted by Gasteiger charge is -2.12. The summed E-state index contributed by atoms with van der Waals surface area (Å²) in [5.74, 6) is 1.71. The van der Waals surface area contributed by atoms with E-state index in [2.05, 4.69) is 37.3 Å². The molecule has 0 amide bonds. The molecule has 0 unspecified atom stereocenters. The van der Waals surface area contributed by atoms with E-state index in [1.165, 1.54) is 4.88 Å². The summed E-state index contributed by atoms with van der Waals surface area (Å²) < 4.78 is 0. The predicted molar refractivity (Wildman–Crippen MR) is 94.6 cm³/mol. The van der Waals surface area contributed by atoms with E-state index in [-0.39, 0.29) is 0 Å². The molecule has 2 aromatic heterocycles. The number of likely N-dealkylation sites (N-methyl/N-ethyl adjacent to an activating group) is 1. The van der Waals surface area contributed by atoms with Gasteiger partial charge in [0, 0.05) is 23.5 Å². The highest BCUT2D eigenvalue weighted by Crippen LogP contribution is 2.30. The largest absolute Gasteiger partial charge is 0.368 e. The third kappa shape index (κ3) is 3.26. The van der Waals surface area contributed by atoms with E-state index < -0.39 is 0 Å². The van der Waals surface area contributed by atoms with Crippen LogP contribution in [-0.2, 0) is 0 Å². The number of hydrogen-bond donors (Lipinski definition) is 1. The summed E-state index contributed by atoms with van der Waals surface area (Å²) in [5.41, 5.74) is 1.05. The minimum absolute atomic E-state index is 0.780. The first kappa shape index (κ1) is 14.9. The first-order valence-corrected chi connectivity index (χ1v) is 8.17. The molecule has 2 heterocycles. The monoisotopic (exact) mass is 312 g/mol. The van der Waals surface area contributed by atoms with Gasteiger partial charge in [0.15, 0.2) is 5.82 Å². The van der Waals surface area contributed by atoms with Crippen LogP contribution in [0.3, 0.4) is 0 Å². The highest BCUT2D eigenvalue weighted by molar-refractivity contribution is 7.18. The second-order valence-electron chi connectivity index (χ2n) is 5.57. The van der Waals surface area contributed by atoms with Crippen molar-refractivity contribution in [2.45, 2.75) is 6.92 Å². The second-order valence-corrected chi connectivity index (χ2v) is 6.80. The van der Waals surface area contributed by atoms with E-state index in [4.69, 9.17) is 9.97 Å². The minimum atomic E-state index is 0.780. The lowest BCUT2D eigenvalue weighted by atomic mass is 10.2. The van der Waals surface area contributed by atoms with Crippen molar-refractivity contribution in [1.82, 2.24) is 14.9 Å². The van der Waals surface area contributed by atoms with Gasteiger partial charge in [-0.05, 0) is 27.1 Å². The zero-order chi connectivity index (χ0) is 15.5. The van der Waals surface area contributed by atoms with Gasteiger partial charge in [0.1, 0.15) is 10.6 Å². The first-order chi connectivity index (χ1) is 10.6. The highest BCUT2D eigenvalue weighted by Gasteiger charge is 2.11. The molecule has 0 saturated carbocycles. The molecule has 0 spiro atoms. The molecule has 0 atom stereocenters. The van der Waals surface area contributed by atoms with Crippen LogP contribution in [-0.4, -0.2) is 42.1 Å². The van der Waals surface area contributed by atoms with E-state index in [0.717, 1.165) is 40.5 Å². The number of fused-ring (bicyclic) bond motifs is 1. The maximum absolute atomic E-state index is 4.75. The second kappa shape index (κ2) is 6.42. The van der Waals surface area contributed by atoms with Crippen molar-refractivity contribution in [1.29, 1.82) is 0 Å². The lowest BCUT2D eigenvalue weighted by Crippen LogP contribution is -2.21. The van der Waals surface area contributed by atoms with Gasteiger partial charge in [-0.25, -0.2) is 9.97 Å². The molecule has 0 fully saturated rings. The molecule has 1 aromatic carbocycles. The molecular formula is C17H20N4S. The quantitative estimate of drug-likeness (QED) is 0.781. The fourth-order valence-corrected chi connectivity index (χ4v) is 3.17. The predicted octanol–water partition coefficient (Wildman–Crippen LogP) is 3.64. The summed E-state index contributed by atoms with van der Waals surface area (Å²) in [6.45, 7) is 3.94. The van der Waals surface area contributed by atoms with Crippen LogP contribution in [0.5, 0.6) is 0 Å². The van der Waals surface area contributed by atoms with Crippen molar-refractivity contribution >= 4 is 27.4 Å². The molecule has 0 bridgehead atoms. The molecule has 22 heavy (non-hydrogen) atoms. The van der Waals surface area contributed by atoms with Gasteiger partial charge in [-0.2, -0.15) is 0 Å². The van der Waals surface area contributed by atoms with E-state index in [0.29, 0.717) is 0 Å². The number of nitrogens with zero attached hydrogens (tertiary/aromatic N) is 3. The fourth-order valence-electron chi connectivity index (χ4n) is 2.29. The lowest BCUT2D eigenvalue weighted by molar-refractivity contribution is 0.425. The molecule has 4 nitrogen and oxygen atoms in total. The third-order valence-corrected chi connectivity index (χ3v) is 4.34. The number of thiophene rings is 1. The summed E-state index contributed by atoms with van der Waals surface area (Å²) >= 11 is 1.71. The zero-order valence-corrected chi connectivity index (χ0v) is 13.9. The molecule has 5 heteroatoms. The number of rotatable bonds is 5. The molecule has 114 valence electrons. The van der Waals surface area contributed by atoms with Crippen molar-refractivity contribution in [3.05, 3.63) is 41.3 Å². The molecule has 0 aliphatic heterocycles. The standard InChI is InChI=1S/C17H20N4S/c1-12-11-14-16(18-9-10-21(2)3)19-15(20-17(14)22-12)13-7-5-4-6-8-13/h4-8,11H,9-10H2,1-3H3,(H,18,19,20). The zero-order valence-electron chi connectivity index (χ0n) is 13.1. The SMILES string of the molecule is Cc1cc2c(NCCN(C)C)nc(-c3ccccc3)nc2s1. The summed E-state index contributed by atoms with van der Waals surface area (Å²) in [7, 11) is 4.14. The number of benzene rings is 1. The number of hydrogen-bond acceptors (Lipinski definition) is 5. The summed E-state index contributed by atoms with van der Waals surface area (Å²) in [6.07, 6.45) is 0. The van der Waals surface area contributed by atoms with E-state index in [1.807, 2.05) is 30.3 Å². The van der Waals surface area contributed by atoms with Gasteiger partial charge in [0.05, 0.1) is 5.39 Å². The van der Waals surface area contributed by atoms with Crippen LogP contribution in [0.1, 0.15) is 4.88 Å². The molecule has 0 radical (unpaired) electrons. The summed E-state index contributed by atoms with van der Waals surface area (Å²) in [4.78, 5) is 13.9. The van der Waals surface area contributed by atoms with Crippen molar-refractivity contribution in [2.24, 2.45) is 0 Å². The summed E-state index contributed by atoms with van der Waals surface area (Å²) in [6, 6.07) is 12.3. The number of aromatic nitrogens is 2. The molecule has 0 saturated heterocycles. The average molecular weight is 312 g/mol. The molecule has 0 aliphatic rings. The number of aryl methyl sites for hydroxylation is 1. The Morgan fingerprint density at radius 2 is 1.91 bits per heavy atom. The molecule has 0 aliphatic carbocycles. The Morgan fingerprint density at radius 3 is 2.64 bits per heavy atom. The molecular weight excluding hydrogens is 292 g/mol. The van der Waals surface area contributed by atoms with E-state index in [1.54, 1.807) is 11.3 Å². The molecule has 3 aromatic rings. The van der Waals surface area contributed by atoms with Gasteiger partial charge >= 0.3 is 0 Å². The van der Waals surface area contributed by atoms with Gasteiger partial charge in [-0.1, -0.05) is 30.3 Å². The summed E-state index contributed by atoms with van der Waals surface area (Å²) in [5, 5.41) is 4.57. The van der Waals surface area contributed by atoms with Gasteiger partial charge in [0.25, 0.3) is 0 Å². The highest BCUT2D eigenvalue weighted by atomic mass is 32.1. The van der Waals surface area contributed by atoms with Crippen LogP contribution >= 0.6 is 11.3 Å². The normalized spacial score (nSPS) is 11.3. The van der Waals surface area contributed by atoms with E-state index in [9.17, 15) is 0 Å². The Kier molecular flexibility index (Phi) is 4.36. The molecule has 1 N–H and O–H groups in total. The molecule has 3 rings (SSSR count). The Bertz CT molecular complexity index is 765. The maximum atomic E-state index is 4.75. The number of anilines is 1. The van der Waals surface area contributed by atoms with Crippen LogP contribution in [0.2, 0.25) is 0 Å². The van der Waals surface area contributed by atoms with Gasteiger partial charge in [-0.3, -0.25) is 0 Å². The Hall–Kier alpha value is -1.98. The van der Waals surface area contributed by atoms with Crippen LogP contribution in [0, 0.1) is 6.92 Å². The Morgan fingerprint density at radius 1 is 1.14 bits per heavy atom. The van der Waals surface area contributed by atoms with Crippen LogP contribution in [0.25, 0.3) is 21.6 Å². The minimum Gasteiger partial charge on any atom is -0.368 e. The Labute approximate surface area is 134 Å². The number of nitrogens with one attached hydrogen (secondary N) is 1. The van der Waals surface area contributed by atoms with E-state index >= 15 is 0 Å². The topological polar surface area (TPSA) is 41.0 Å². The van der Waals surface area contributed by atoms with Crippen molar-refractivity contribution < 1.29 is 0 Å². The van der Waals surface area contributed by atoms with Gasteiger partial charge < -0.3 is 10.2 Å². The maximum Gasteiger partial charge on any atom is 0.163 e. The first-order valence-electron chi connectivity index (χ1n) is 7.35. The van der Waals surface area contributed by atoms with Crippen LogP contribution in [0.4, 0.5) is 5.82 Å². The van der Waals surface area contributed by atoms with Crippen LogP contribution in [0.15, 0.2) is 36.4 Å². The van der Waals surface area contributed by atoms with Crippen molar-refractivity contribution in [3.63, 3.8) is 0 Å².